The summed E-state index contributed by atoms with van der Waals surface area (Å²) in [6.45, 7) is 0.878. The van der Waals surface area contributed by atoms with Crippen molar-refractivity contribution in [2.45, 2.75) is 37.0 Å². The zero-order valence-electron chi connectivity index (χ0n) is 15.8. The van der Waals surface area contributed by atoms with Crippen LogP contribution in [0, 0.1) is 0 Å². The van der Waals surface area contributed by atoms with Crippen LogP contribution in [0.25, 0.3) is 0 Å². The van der Waals surface area contributed by atoms with Crippen LogP contribution in [0.4, 0.5) is 11.4 Å². The Kier molecular flexibility index (Phi) is 4.87. The summed E-state index contributed by atoms with van der Waals surface area (Å²) in [7, 11) is -7.10. The molecule has 0 saturated carbocycles. The van der Waals surface area contributed by atoms with Gasteiger partial charge in [0.2, 0.25) is 10.0 Å². The summed E-state index contributed by atoms with van der Waals surface area (Å²) in [6, 6.07) is 12.5. The van der Waals surface area contributed by atoms with Crippen LogP contribution in [-0.2, 0) is 32.9 Å². The summed E-state index contributed by atoms with van der Waals surface area (Å²) in [4.78, 5) is 0.221. The molecule has 0 N–H and O–H groups in total. The lowest BCUT2D eigenvalue weighted by Crippen LogP contribution is -2.35. The van der Waals surface area contributed by atoms with Gasteiger partial charge in [-0.25, -0.2) is 16.8 Å². The molecule has 2 aromatic carbocycles. The molecule has 0 aromatic heterocycles. The van der Waals surface area contributed by atoms with E-state index in [-0.39, 0.29) is 4.90 Å². The average Bonchev–Trinajstić information content (AvgIpc) is 2.89. The van der Waals surface area contributed by atoms with Crippen LogP contribution < -0.4 is 8.61 Å². The van der Waals surface area contributed by atoms with Gasteiger partial charge in [-0.2, -0.15) is 0 Å². The lowest BCUT2D eigenvalue weighted by Gasteiger charge is -2.30. The fraction of sp³-hybridized carbons (Fsp3) is 0.400. The van der Waals surface area contributed by atoms with Gasteiger partial charge < -0.3 is 0 Å². The van der Waals surface area contributed by atoms with Crippen LogP contribution in [0.1, 0.15) is 30.4 Å². The Morgan fingerprint density at radius 1 is 0.750 bits per heavy atom. The predicted molar refractivity (Wildman–Crippen MR) is 111 cm³/mol. The second kappa shape index (κ2) is 7.08. The summed E-state index contributed by atoms with van der Waals surface area (Å²) in [5.41, 5.74) is 3.14. The number of hydrogen-bond acceptors (Lipinski definition) is 4. The molecule has 2 aliphatic heterocycles. The third-order valence-electron chi connectivity index (χ3n) is 5.43. The molecular formula is C20H24N2O4S2. The Morgan fingerprint density at radius 2 is 1.43 bits per heavy atom. The van der Waals surface area contributed by atoms with Crippen LogP contribution in [0.2, 0.25) is 0 Å². The molecule has 0 bridgehead atoms. The molecule has 0 aliphatic carbocycles. The van der Waals surface area contributed by atoms with Gasteiger partial charge in [0.05, 0.1) is 22.5 Å². The second-order valence-corrected chi connectivity index (χ2v) is 11.2. The summed E-state index contributed by atoms with van der Waals surface area (Å²) >= 11 is 0. The van der Waals surface area contributed by atoms with Gasteiger partial charge in [0.25, 0.3) is 10.0 Å². The molecular weight excluding hydrogens is 396 g/mol. The molecule has 2 aliphatic rings. The molecule has 0 spiro atoms. The number of rotatable bonds is 3. The standard InChI is InChI=1S/C20H24N2O4S2/c1-27(23,24)21-14-6-9-17-15-18(11-12-20(17)21)28(25,26)22-13-5-4-8-16-7-2-3-10-19(16)22/h2-3,7,10-12,15H,4-6,8-9,13-14H2,1H3. The summed E-state index contributed by atoms with van der Waals surface area (Å²) in [6.07, 6.45) is 5.16. The van der Waals surface area contributed by atoms with Crippen molar-refractivity contribution < 1.29 is 16.8 Å². The summed E-state index contributed by atoms with van der Waals surface area (Å²) in [5.74, 6) is 0. The lowest BCUT2D eigenvalue weighted by atomic mass is 10.0. The molecule has 0 atom stereocenters. The first-order valence-corrected chi connectivity index (χ1v) is 12.8. The topological polar surface area (TPSA) is 74.8 Å². The van der Waals surface area contributed by atoms with Gasteiger partial charge in [0.15, 0.2) is 0 Å². The molecule has 6 nitrogen and oxygen atoms in total. The summed E-state index contributed by atoms with van der Waals surface area (Å²) < 4.78 is 53.9. The highest BCUT2D eigenvalue weighted by molar-refractivity contribution is 7.93. The van der Waals surface area contributed by atoms with E-state index in [0.717, 1.165) is 36.1 Å². The van der Waals surface area contributed by atoms with E-state index in [1.165, 1.54) is 20.9 Å². The molecule has 0 radical (unpaired) electrons. The molecule has 28 heavy (non-hydrogen) atoms. The first-order chi connectivity index (χ1) is 13.3. The Hall–Kier alpha value is -2.06. The first-order valence-electron chi connectivity index (χ1n) is 9.50. The zero-order valence-corrected chi connectivity index (χ0v) is 17.5. The van der Waals surface area contributed by atoms with Crippen LogP contribution in [0.3, 0.4) is 0 Å². The van der Waals surface area contributed by atoms with E-state index in [9.17, 15) is 16.8 Å². The van der Waals surface area contributed by atoms with Crippen molar-refractivity contribution in [3.8, 4) is 0 Å². The monoisotopic (exact) mass is 420 g/mol. The van der Waals surface area contributed by atoms with E-state index < -0.39 is 20.0 Å². The Labute approximate surface area is 166 Å². The Morgan fingerprint density at radius 3 is 2.21 bits per heavy atom. The second-order valence-electron chi connectivity index (χ2n) is 7.39. The van der Waals surface area contributed by atoms with Gasteiger partial charge in [0.1, 0.15) is 0 Å². The number of anilines is 2. The van der Waals surface area contributed by atoms with Gasteiger partial charge in [-0.15, -0.1) is 0 Å². The third kappa shape index (κ3) is 3.39. The molecule has 0 unspecified atom stereocenters. The average molecular weight is 421 g/mol. The maximum absolute atomic E-state index is 13.5. The zero-order chi connectivity index (χ0) is 19.9. The largest absolute Gasteiger partial charge is 0.270 e. The van der Waals surface area contributed by atoms with Crippen LogP contribution in [-0.4, -0.2) is 36.2 Å². The number of nitrogens with zero attached hydrogens (tertiary/aromatic N) is 2. The van der Waals surface area contributed by atoms with Crippen LogP contribution >= 0.6 is 0 Å². The van der Waals surface area contributed by atoms with Crippen molar-refractivity contribution in [2.24, 2.45) is 0 Å². The minimum Gasteiger partial charge on any atom is -0.270 e. The van der Waals surface area contributed by atoms with Gasteiger partial charge in [-0.3, -0.25) is 8.61 Å². The maximum atomic E-state index is 13.5. The van der Waals surface area contributed by atoms with Crippen molar-refractivity contribution in [3.05, 3.63) is 53.6 Å². The fourth-order valence-electron chi connectivity index (χ4n) is 4.08. The quantitative estimate of drug-likeness (QED) is 0.765. The van der Waals surface area contributed by atoms with Gasteiger partial charge in [-0.05, 0) is 67.5 Å². The third-order valence-corrected chi connectivity index (χ3v) is 8.42. The number of fused-ring (bicyclic) bond motifs is 2. The van der Waals surface area contributed by atoms with Gasteiger partial charge in [0, 0.05) is 13.1 Å². The number of hydrogen-bond donors (Lipinski definition) is 0. The molecule has 2 aromatic rings. The van der Waals surface area contributed by atoms with Crippen molar-refractivity contribution >= 4 is 31.4 Å². The molecule has 4 rings (SSSR count). The minimum absolute atomic E-state index is 0.221. The van der Waals surface area contributed by atoms with E-state index in [1.54, 1.807) is 12.1 Å². The van der Waals surface area contributed by atoms with Crippen molar-refractivity contribution in [1.29, 1.82) is 0 Å². The van der Waals surface area contributed by atoms with Crippen molar-refractivity contribution in [1.82, 2.24) is 0 Å². The molecule has 0 fully saturated rings. The Balaban J connectivity index is 1.77. The lowest BCUT2D eigenvalue weighted by molar-refractivity contribution is 0.589. The Bertz CT molecular complexity index is 1110. The van der Waals surface area contributed by atoms with E-state index in [2.05, 4.69) is 0 Å². The predicted octanol–water partition coefficient (Wildman–Crippen LogP) is 2.93. The number of sulfonamides is 2. The maximum Gasteiger partial charge on any atom is 0.264 e. The number of benzene rings is 2. The molecule has 2 heterocycles. The van der Waals surface area contributed by atoms with Gasteiger partial charge in [-0.1, -0.05) is 18.2 Å². The SMILES string of the molecule is CS(=O)(=O)N1CCCc2cc(S(=O)(=O)N3CCCCc4ccccc43)ccc21. The minimum atomic E-state index is -3.72. The van der Waals surface area contributed by atoms with Crippen molar-refractivity contribution in [3.63, 3.8) is 0 Å². The highest BCUT2D eigenvalue weighted by Gasteiger charge is 2.30. The fourth-order valence-corrected chi connectivity index (χ4v) is 6.67. The molecule has 0 saturated heterocycles. The highest BCUT2D eigenvalue weighted by atomic mass is 32.2. The van der Waals surface area contributed by atoms with Crippen molar-refractivity contribution in [2.75, 3.05) is 28.0 Å². The molecule has 8 heteroatoms. The first kappa shape index (κ1) is 19.3. The smallest absolute Gasteiger partial charge is 0.264 e. The number of aryl methyl sites for hydroxylation is 2. The van der Waals surface area contributed by atoms with E-state index in [4.69, 9.17) is 0 Å². The van der Waals surface area contributed by atoms with Crippen LogP contribution in [0.5, 0.6) is 0 Å². The van der Waals surface area contributed by atoms with E-state index >= 15 is 0 Å². The highest BCUT2D eigenvalue weighted by Crippen LogP contribution is 2.35. The molecule has 0 amide bonds. The molecule has 150 valence electrons. The van der Waals surface area contributed by atoms with E-state index in [1.807, 2.05) is 24.3 Å². The van der Waals surface area contributed by atoms with E-state index in [0.29, 0.717) is 31.6 Å². The van der Waals surface area contributed by atoms with Crippen LogP contribution in [0.15, 0.2) is 47.4 Å². The van der Waals surface area contributed by atoms with Gasteiger partial charge >= 0.3 is 0 Å². The normalized spacial score (nSPS) is 17.6. The summed E-state index contributed by atoms with van der Waals surface area (Å²) in [5, 5.41) is 0. The number of para-hydroxylation sites is 1.